The highest BCUT2D eigenvalue weighted by molar-refractivity contribution is 8.13. The monoisotopic (exact) mass is 386 g/mol. The topological polar surface area (TPSA) is 49.4 Å². The molecule has 0 unspecified atom stereocenters. The number of aryl methyl sites for hydroxylation is 1. The number of rotatable bonds is 7. The normalized spacial score (nSPS) is 15.0. The van der Waals surface area contributed by atoms with Gasteiger partial charge in [-0.25, -0.2) is 4.39 Å². The number of carbonyl (C=O) groups excluding carboxylic acids is 2. The smallest absolute Gasteiger partial charge is 0.281 e. The zero-order valence-corrected chi connectivity index (χ0v) is 16.1. The predicted octanol–water partition coefficient (Wildman–Crippen LogP) is 4.15. The summed E-state index contributed by atoms with van der Waals surface area (Å²) in [5, 5.41) is 3.03. The highest BCUT2D eigenvalue weighted by Crippen LogP contribution is 2.24. The maximum atomic E-state index is 13.7. The molecule has 0 radical (unpaired) electrons. The van der Waals surface area contributed by atoms with Crippen LogP contribution in [0.25, 0.3) is 0 Å². The van der Waals surface area contributed by atoms with Crippen LogP contribution in [0.3, 0.4) is 0 Å². The molecule has 27 heavy (non-hydrogen) atoms. The molecule has 1 saturated heterocycles. The molecule has 1 fully saturated rings. The minimum atomic E-state index is -0.428. The summed E-state index contributed by atoms with van der Waals surface area (Å²) in [6.07, 6.45) is 1.16. The lowest BCUT2D eigenvalue weighted by molar-refractivity contribution is -0.121. The molecule has 1 atom stereocenters. The fraction of sp³-hybridized carbons (Fsp3) is 0.333. The molecule has 4 nitrogen and oxygen atoms in total. The van der Waals surface area contributed by atoms with Crippen LogP contribution < -0.4 is 5.32 Å². The Labute approximate surface area is 163 Å². The van der Waals surface area contributed by atoms with Gasteiger partial charge in [0, 0.05) is 25.3 Å². The average Bonchev–Trinajstić information content (AvgIpc) is 3.09. The lowest BCUT2D eigenvalue weighted by Gasteiger charge is -2.21. The zero-order chi connectivity index (χ0) is 19.2. The van der Waals surface area contributed by atoms with E-state index < -0.39 is 6.04 Å². The van der Waals surface area contributed by atoms with Crippen LogP contribution in [0.15, 0.2) is 48.5 Å². The van der Waals surface area contributed by atoms with Crippen molar-refractivity contribution in [1.82, 2.24) is 10.2 Å². The van der Waals surface area contributed by atoms with Crippen molar-refractivity contribution in [2.45, 2.75) is 25.8 Å². The molecule has 2 aromatic carbocycles. The van der Waals surface area contributed by atoms with Crippen molar-refractivity contribution in [3.63, 3.8) is 0 Å². The van der Waals surface area contributed by atoms with Gasteiger partial charge in [0.15, 0.2) is 0 Å². The first-order chi connectivity index (χ1) is 13.1. The summed E-state index contributed by atoms with van der Waals surface area (Å²) >= 11 is 1.28. The van der Waals surface area contributed by atoms with Gasteiger partial charge >= 0.3 is 0 Å². The number of amides is 2. The molecule has 3 rings (SSSR count). The Hall–Kier alpha value is -2.34. The maximum absolute atomic E-state index is 13.7. The minimum Gasteiger partial charge on any atom is -0.345 e. The standard InChI is InChI=1S/C21H23FN2O2S/c1-2-15-6-8-16(9-7-15)20(17-4-3-5-18(22)14-17)23-19(25)10-11-24-12-13-27-21(24)26/h3-9,14,20H,2,10-13H2,1H3,(H,23,25)/t20-/m1/s1. The molecule has 142 valence electrons. The van der Waals surface area contributed by atoms with E-state index in [0.717, 1.165) is 17.7 Å². The van der Waals surface area contributed by atoms with Crippen LogP contribution in [-0.4, -0.2) is 34.9 Å². The fourth-order valence-electron chi connectivity index (χ4n) is 3.09. The van der Waals surface area contributed by atoms with Crippen LogP contribution in [0.5, 0.6) is 0 Å². The van der Waals surface area contributed by atoms with Crippen LogP contribution in [0.4, 0.5) is 9.18 Å². The van der Waals surface area contributed by atoms with Gasteiger partial charge in [0.25, 0.3) is 5.24 Å². The second-order valence-electron chi connectivity index (χ2n) is 6.50. The number of nitrogens with zero attached hydrogens (tertiary/aromatic N) is 1. The predicted molar refractivity (Wildman–Crippen MR) is 106 cm³/mol. The number of benzene rings is 2. The molecular weight excluding hydrogens is 363 g/mol. The summed E-state index contributed by atoms with van der Waals surface area (Å²) in [5.74, 6) is 0.279. The van der Waals surface area contributed by atoms with Gasteiger partial charge in [0.1, 0.15) is 5.82 Å². The molecule has 0 aliphatic carbocycles. The van der Waals surface area contributed by atoms with Crippen molar-refractivity contribution in [3.05, 3.63) is 71.0 Å². The lowest BCUT2D eigenvalue weighted by atomic mass is 9.97. The Bertz CT molecular complexity index is 810. The number of hydrogen-bond donors (Lipinski definition) is 1. The van der Waals surface area contributed by atoms with Crippen molar-refractivity contribution in [3.8, 4) is 0 Å². The molecule has 6 heteroatoms. The zero-order valence-electron chi connectivity index (χ0n) is 15.3. The molecule has 1 heterocycles. The summed E-state index contributed by atoms with van der Waals surface area (Å²) < 4.78 is 13.7. The Balaban J connectivity index is 1.74. The number of hydrogen-bond acceptors (Lipinski definition) is 3. The van der Waals surface area contributed by atoms with Gasteiger partial charge in [-0.1, -0.05) is 55.1 Å². The van der Waals surface area contributed by atoms with Gasteiger partial charge in [0.2, 0.25) is 5.91 Å². The Morgan fingerprint density at radius 1 is 1.22 bits per heavy atom. The van der Waals surface area contributed by atoms with E-state index in [9.17, 15) is 14.0 Å². The van der Waals surface area contributed by atoms with Gasteiger partial charge < -0.3 is 10.2 Å². The van der Waals surface area contributed by atoms with E-state index in [4.69, 9.17) is 0 Å². The molecule has 2 amide bonds. The van der Waals surface area contributed by atoms with Crippen molar-refractivity contribution in [2.75, 3.05) is 18.8 Å². The average molecular weight is 386 g/mol. The van der Waals surface area contributed by atoms with Crippen LogP contribution in [-0.2, 0) is 11.2 Å². The third-order valence-electron chi connectivity index (χ3n) is 4.66. The highest BCUT2D eigenvalue weighted by atomic mass is 32.2. The summed E-state index contributed by atoms with van der Waals surface area (Å²) in [5.41, 5.74) is 2.80. The van der Waals surface area contributed by atoms with E-state index in [1.54, 1.807) is 11.0 Å². The van der Waals surface area contributed by atoms with Gasteiger partial charge in [-0.05, 0) is 35.2 Å². The number of nitrogens with one attached hydrogen (secondary N) is 1. The second-order valence-corrected chi connectivity index (χ2v) is 7.55. The third kappa shape index (κ3) is 5.10. The molecular formula is C21H23FN2O2S. The summed E-state index contributed by atoms with van der Waals surface area (Å²) in [4.78, 5) is 25.9. The number of thioether (sulfide) groups is 1. The highest BCUT2D eigenvalue weighted by Gasteiger charge is 2.23. The Morgan fingerprint density at radius 2 is 2.00 bits per heavy atom. The lowest BCUT2D eigenvalue weighted by Crippen LogP contribution is -2.33. The van der Waals surface area contributed by atoms with Crippen molar-refractivity contribution < 1.29 is 14.0 Å². The van der Waals surface area contributed by atoms with Crippen LogP contribution in [0.1, 0.15) is 36.1 Å². The van der Waals surface area contributed by atoms with Gasteiger partial charge in [0.05, 0.1) is 6.04 Å². The Morgan fingerprint density at radius 3 is 2.63 bits per heavy atom. The van der Waals surface area contributed by atoms with E-state index in [1.807, 2.05) is 30.3 Å². The SMILES string of the molecule is CCc1ccc([C@@H](NC(=O)CCN2CCSC2=O)c2cccc(F)c2)cc1. The first-order valence-electron chi connectivity index (χ1n) is 9.12. The Kier molecular flexibility index (Phi) is 6.50. The molecule has 0 spiro atoms. The molecule has 0 bridgehead atoms. The van der Waals surface area contributed by atoms with Gasteiger partial charge in [-0.2, -0.15) is 0 Å². The maximum Gasteiger partial charge on any atom is 0.281 e. The second kappa shape index (κ2) is 9.04. The molecule has 2 aromatic rings. The van der Waals surface area contributed by atoms with E-state index in [1.165, 1.54) is 29.5 Å². The largest absolute Gasteiger partial charge is 0.345 e. The third-order valence-corrected chi connectivity index (χ3v) is 5.55. The van der Waals surface area contributed by atoms with Crippen molar-refractivity contribution in [1.29, 1.82) is 0 Å². The van der Waals surface area contributed by atoms with Crippen LogP contribution in [0, 0.1) is 5.82 Å². The van der Waals surface area contributed by atoms with E-state index in [-0.39, 0.29) is 23.4 Å². The first kappa shape index (κ1) is 19.4. The molecule has 1 N–H and O–H groups in total. The minimum absolute atomic E-state index is 0.0274. The molecule has 0 aromatic heterocycles. The van der Waals surface area contributed by atoms with E-state index in [0.29, 0.717) is 18.7 Å². The van der Waals surface area contributed by atoms with Crippen LogP contribution >= 0.6 is 11.8 Å². The first-order valence-corrected chi connectivity index (χ1v) is 10.1. The quantitative estimate of drug-likeness (QED) is 0.778. The van der Waals surface area contributed by atoms with Gasteiger partial charge in [-0.3, -0.25) is 9.59 Å². The summed E-state index contributed by atoms with van der Waals surface area (Å²) in [7, 11) is 0. The summed E-state index contributed by atoms with van der Waals surface area (Å²) in [6.45, 7) is 3.17. The van der Waals surface area contributed by atoms with Crippen molar-refractivity contribution >= 4 is 22.9 Å². The van der Waals surface area contributed by atoms with E-state index in [2.05, 4.69) is 12.2 Å². The van der Waals surface area contributed by atoms with Crippen LogP contribution in [0.2, 0.25) is 0 Å². The number of halogens is 1. The molecule has 1 aliphatic heterocycles. The van der Waals surface area contributed by atoms with E-state index >= 15 is 0 Å². The summed E-state index contributed by atoms with van der Waals surface area (Å²) in [6, 6.07) is 13.8. The van der Waals surface area contributed by atoms with Crippen molar-refractivity contribution in [2.24, 2.45) is 0 Å². The molecule has 1 aliphatic rings. The number of carbonyl (C=O) groups is 2. The molecule has 0 saturated carbocycles. The fourth-order valence-corrected chi connectivity index (χ4v) is 3.94. The van der Waals surface area contributed by atoms with Gasteiger partial charge in [-0.15, -0.1) is 0 Å².